The molecule has 0 aliphatic heterocycles. The number of rotatable bonds is 8. The van der Waals surface area contributed by atoms with E-state index < -0.39 is 18.5 Å². The fourth-order valence-corrected chi connectivity index (χ4v) is 4.03. The van der Waals surface area contributed by atoms with Crippen LogP contribution in [-0.2, 0) is 0 Å². The van der Waals surface area contributed by atoms with Crippen LogP contribution in [0.15, 0.2) is 54.7 Å². The molecule has 0 fully saturated rings. The highest BCUT2D eigenvalue weighted by Crippen LogP contribution is 2.31. The molecule has 0 saturated heterocycles. The number of methoxy groups -OCH3 is 1. The number of alkyl halides is 3. The second-order valence-corrected chi connectivity index (χ2v) is 8.54. The van der Waals surface area contributed by atoms with Crippen LogP contribution in [0.5, 0.6) is 5.75 Å². The van der Waals surface area contributed by atoms with Crippen LogP contribution in [0.4, 0.5) is 18.9 Å². The first-order valence-electron chi connectivity index (χ1n) is 11.3. The van der Waals surface area contributed by atoms with Crippen LogP contribution in [0.1, 0.15) is 46.4 Å². The van der Waals surface area contributed by atoms with Crippen LogP contribution in [0.25, 0.3) is 16.9 Å². The molecule has 36 heavy (non-hydrogen) atoms. The van der Waals surface area contributed by atoms with E-state index in [1.165, 1.54) is 0 Å². The molecule has 4 rings (SSSR count). The normalized spacial score (nSPS) is 12.5. The molecule has 2 aromatic heterocycles. The molecule has 10 heteroatoms. The summed E-state index contributed by atoms with van der Waals surface area (Å²) in [5.74, 6) is 0.0234. The number of hydrogen-bond donors (Lipinski definition) is 2. The van der Waals surface area contributed by atoms with Gasteiger partial charge in [-0.2, -0.15) is 18.3 Å². The van der Waals surface area contributed by atoms with E-state index in [1.54, 1.807) is 42.9 Å². The maximum atomic E-state index is 12.8. The number of nitrogens with one attached hydrogen (secondary N) is 1. The summed E-state index contributed by atoms with van der Waals surface area (Å²) in [7, 11) is 1.59. The van der Waals surface area contributed by atoms with Gasteiger partial charge in [0.2, 0.25) is 5.91 Å². The highest BCUT2D eigenvalue weighted by atomic mass is 19.4. The van der Waals surface area contributed by atoms with Crippen molar-refractivity contribution < 1.29 is 22.7 Å². The van der Waals surface area contributed by atoms with Crippen LogP contribution in [0.2, 0.25) is 0 Å². The van der Waals surface area contributed by atoms with Crippen molar-refractivity contribution in [1.82, 2.24) is 14.6 Å². The Labute approximate surface area is 206 Å². The largest absolute Gasteiger partial charge is 0.497 e. The second kappa shape index (κ2) is 9.88. The molecule has 4 aromatic rings. The maximum absolute atomic E-state index is 12.8. The minimum atomic E-state index is -4.28. The van der Waals surface area contributed by atoms with Crippen molar-refractivity contribution in [1.29, 1.82) is 0 Å². The maximum Gasteiger partial charge on any atom is 0.390 e. The van der Waals surface area contributed by atoms with Crippen molar-refractivity contribution in [3.8, 4) is 17.0 Å². The van der Waals surface area contributed by atoms with E-state index in [4.69, 9.17) is 15.6 Å². The number of primary amides is 1. The Morgan fingerprint density at radius 1 is 1.17 bits per heavy atom. The van der Waals surface area contributed by atoms with Gasteiger partial charge in [-0.1, -0.05) is 25.1 Å². The molecule has 0 aliphatic rings. The number of ether oxygens (including phenoxy) is 1. The van der Waals surface area contributed by atoms with Crippen LogP contribution in [0.3, 0.4) is 0 Å². The highest BCUT2D eigenvalue weighted by Gasteiger charge is 2.26. The Bertz CT molecular complexity index is 1400. The molecule has 0 radical (unpaired) electrons. The lowest BCUT2D eigenvalue weighted by Crippen LogP contribution is -2.16. The zero-order valence-electron chi connectivity index (χ0n) is 20.1. The number of aromatic nitrogens is 3. The van der Waals surface area contributed by atoms with Gasteiger partial charge in [0.25, 0.3) is 0 Å². The molecule has 1 unspecified atom stereocenters. The molecule has 0 spiro atoms. The standard InChI is InChI=1S/C26H26F3N5O2/c1-15-12-18(6-9-20(15)24(30)35)23-14-32-25-22(31-11-10-26(27,28)29)13-21(33-34(23)25)16(2)17-4-7-19(36-3)8-5-17/h4-9,12-14,16,31H,10-11H2,1-3H3,(H2,30,35). The first-order valence-corrected chi connectivity index (χ1v) is 11.3. The lowest BCUT2D eigenvalue weighted by Gasteiger charge is -2.16. The van der Waals surface area contributed by atoms with Crippen molar-refractivity contribution in [2.24, 2.45) is 5.73 Å². The molecule has 188 valence electrons. The highest BCUT2D eigenvalue weighted by molar-refractivity contribution is 5.94. The number of anilines is 1. The van der Waals surface area contributed by atoms with E-state index in [-0.39, 0.29) is 12.5 Å². The summed E-state index contributed by atoms with van der Waals surface area (Å²) < 4.78 is 45.2. The predicted octanol–water partition coefficient (Wildman–Crippen LogP) is 5.33. The third-order valence-electron chi connectivity index (χ3n) is 6.06. The summed E-state index contributed by atoms with van der Waals surface area (Å²) >= 11 is 0. The van der Waals surface area contributed by atoms with Gasteiger partial charge in [0, 0.05) is 23.6 Å². The Kier molecular flexibility index (Phi) is 6.87. The van der Waals surface area contributed by atoms with E-state index in [1.807, 2.05) is 37.3 Å². The van der Waals surface area contributed by atoms with E-state index >= 15 is 0 Å². The Morgan fingerprint density at radius 2 is 1.89 bits per heavy atom. The summed E-state index contributed by atoms with van der Waals surface area (Å²) in [6.07, 6.45) is -3.65. The zero-order chi connectivity index (χ0) is 26.0. The average molecular weight is 498 g/mol. The van der Waals surface area contributed by atoms with Gasteiger partial charge in [-0.05, 0) is 48.4 Å². The number of imidazole rings is 1. The number of benzene rings is 2. The third kappa shape index (κ3) is 5.27. The molecular formula is C26H26F3N5O2. The van der Waals surface area contributed by atoms with Crippen LogP contribution >= 0.6 is 0 Å². The van der Waals surface area contributed by atoms with E-state index in [0.29, 0.717) is 33.8 Å². The number of hydrogen-bond acceptors (Lipinski definition) is 5. The Hall–Kier alpha value is -4.08. The van der Waals surface area contributed by atoms with Gasteiger partial charge in [0.1, 0.15) is 5.75 Å². The van der Waals surface area contributed by atoms with Gasteiger partial charge < -0.3 is 15.8 Å². The smallest absolute Gasteiger partial charge is 0.390 e. The van der Waals surface area contributed by atoms with Gasteiger partial charge in [-0.3, -0.25) is 4.79 Å². The van der Waals surface area contributed by atoms with Crippen LogP contribution < -0.4 is 15.8 Å². The minimum Gasteiger partial charge on any atom is -0.497 e. The molecule has 2 aromatic carbocycles. The molecule has 2 heterocycles. The van der Waals surface area contributed by atoms with E-state index in [9.17, 15) is 18.0 Å². The van der Waals surface area contributed by atoms with Crippen LogP contribution in [0, 0.1) is 6.92 Å². The van der Waals surface area contributed by atoms with Gasteiger partial charge in [0.05, 0.1) is 36.8 Å². The number of halogens is 3. The molecule has 0 bridgehead atoms. The van der Waals surface area contributed by atoms with Gasteiger partial charge in [-0.15, -0.1) is 0 Å². The summed E-state index contributed by atoms with van der Waals surface area (Å²) in [6.45, 7) is 3.45. The lowest BCUT2D eigenvalue weighted by molar-refractivity contribution is -0.131. The number of nitrogens with zero attached hydrogens (tertiary/aromatic N) is 3. The number of fused-ring (bicyclic) bond motifs is 1. The molecule has 0 saturated carbocycles. The van der Waals surface area contributed by atoms with Crippen molar-refractivity contribution in [3.63, 3.8) is 0 Å². The molecule has 0 aliphatic carbocycles. The van der Waals surface area contributed by atoms with Crippen molar-refractivity contribution in [2.75, 3.05) is 19.0 Å². The summed E-state index contributed by atoms with van der Waals surface area (Å²) in [6, 6.07) is 14.5. The van der Waals surface area contributed by atoms with Crippen molar-refractivity contribution in [2.45, 2.75) is 32.4 Å². The summed E-state index contributed by atoms with van der Waals surface area (Å²) in [4.78, 5) is 16.1. The number of amides is 1. The van der Waals surface area contributed by atoms with Gasteiger partial charge >= 0.3 is 6.18 Å². The zero-order valence-corrected chi connectivity index (χ0v) is 20.1. The lowest BCUT2D eigenvalue weighted by atomic mass is 9.97. The van der Waals surface area contributed by atoms with Crippen molar-refractivity contribution in [3.05, 3.63) is 77.1 Å². The Morgan fingerprint density at radius 3 is 2.50 bits per heavy atom. The topological polar surface area (TPSA) is 94.5 Å². The number of carbonyl (C=O) groups is 1. The second-order valence-electron chi connectivity index (χ2n) is 8.54. The van der Waals surface area contributed by atoms with Gasteiger partial charge in [0.15, 0.2) is 5.65 Å². The first-order chi connectivity index (χ1) is 17.1. The molecular weight excluding hydrogens is 471 g/mol. The number of nitrogens with two attached hydrogens (primary N) is 1. The third-order valence-corrected chi connectivity index (χ3v) is 6.06. The predicted molar refractivity (Wildman–Crippen MR) is 131 cm³/mol. The van der Waals surface area contributed by atoms with E-state index in [0.717, 1.165) is 16.9 Å². The Balaban J connectivity index is 1.80. The SMILES string of the molecule is COc1ccc(C(C)c2cc(NCCC(F)(F)F)c3ncc(-c4ccc(C(N)=O)c(C)c4)n3n2)cc1. The van der Waals surface area contributed by atoms with Gasteiger partial charge in [-0.25, -0.2) is 9.50 Å². The summed E-state index contributed by atoms with van der Waals surface area (Å²) in [5, 5.41) is 7.69. The fraction of sp³-hybridized carbons (Fsp3) is 0.269. The fourth-order valence-electron chi connectivity index (χ4n) is 4.03. The summed E-state index contributed by atoms with van der Waals surface area (Å²) in [5.41, 5.74) is 10.4. The average Bonchev–Trinajstić information content (AvgIpc) is 3.27. The molecule has 7 nitrogen and oxygen atoms in total. The first kappa shape index (κ1) is 25.0. The molecule has 3 N–H and O–H groups in total. The molecule has 1 amide bonds. The quantitative estimate of drug-likeness (QED) is 0.343. The number of carbonyl (C=O) groups excluding carboxylic acids is 1. The van der Waals surface area contributed by atoms with Crippen molar-refractivity contribution >= 4 is 17.2 Å². The monoisotopic (exact) mass is 497 g/mol. The van der Waals surface area contributed by atoms with Crippen LogP contribution in [-0.4, -0.2) is 40.3 Å². The van der Waals surface area contributed by atoms with E-state index in [2.05, 4.69) is 10.3 Å². The number of aryl methyl sites for hydroxylation is 1. The minimum absolute atomic E-state index is 0.169. The molecule has 1 atom stereocenters.